The van der Waals surface area contributed by atoms with Crippen LogP contribution in [0.1, 0.15) is 22.0 Å². The number of carbonyl (C=O) groups is 1. The van der Waals surface area contributed by atoms with Gasteiger partial charge in [0.05, 0.1) is 11.4 Å². The van der Waals surface area contributed by atoms with Crippen molar-refractivity contribution in [3.05, 3.63) is 59.8 Å². The van der Waals surface area contributed by atoms with E-state index in [4.69, 9.17) is 0 Å². The third kappa shape index (κ3) is 3.50. The molecule has 1 aromatic carbocycles. The Morgan fingerprint density at radius 1 is 1.12 bits per heavy atom. The lowest BCUT2D eigenvalue weighted by molar-refractivity contribution is 0.102. The molecule has 0 aliphatic heterocycles. The third-order valence-electron chi connectivity index (χ3n) is 3.71. The maximum atomic E-state index is 12.5. The van der Waals surface area contributed by atoms with E-state index < -0.39 is 0 Å². The van der Waals surface area contributed by atoms with Gasteiger partial charge in [0.1, 0.15) is 11.6 Å². The van der Waals surface area contributed by atoms with Gasteiger partial charge in [-0.3, -0.25) is 4.79 Å². The van der Waals surface area contributed by atoms with Gasteiger partial charge >= 0.3 is 0 Å². The van der Waals surface area contributed by atoms with Crippen LogP contribution >= 0.6 is 0 Å². The Hall–Kier alpha value is -3.22. The van der Waals surface area contributed by atoms with E-state index in [9.17, 15) is 4.79 Å². The summed E-state index contributed by atoms with van der Waals surface area (Å²) < 4.78 is 1.75. The van der Waals surface area contributed by atoms with E-state index >= 15 is 0 Å². The minimum absolute atomic E-state index is 0.186. The van der Waals surface area contributed by atoms with Gasteiger partial charge < -0.3 is 10.2 Å². The normalized spacial score (nSPS) is 10.6. The highest BCUT2D eigenvalue weighted by Crippen LogP contribution is 2.21. The summed E-state index contributed by atoms with van der Waals surface area (Å²) in [5, 5.41) is 7.25. The molecule has 0 spiro atoms. The number of nitrogens with one attached hydrogen (secondary N) is 1. The zero-order valence-electron chi connectivity index (χ0n) is 14.7. The largest absolute Gasteiger partial charge is 0.361 e. The summed E-state index contributed by atoms with van der Waals surface area (Å²) in [6.45, 7) is 3.74. The molecule has 0 unspecified atom stereocenters. The van der Waals surface area contributed by atoms with Gasteiger partial charge in [-0.25, -0.2) is 14.6 Å². The molecule has 3 aromatic rings. The molecule has 0 saturated heterocycles. The van der Waals surface area contributed by atoms with Gasteiger partial charge in [0, 0.05) is 25.9 Å². The van der Waals surface area contributed by atoms with Gasteiger partial charge in [0.15, 0.2) is 5.82 Å². The molecular weight excluding hydrogens is 316 g/mol. The topological polar surface area (TPSA) is 75.9 Å². The van der Waals surface area contributed by atoms with E-state index in [-0.39, 0.29) is 5.91 Å². The zero-order chi connectivity index (χ0) is 18.0. The van der Waals surface area contributed by atoms with Crippen LogP contribution in [0.4, 0.5) is 11.5 Å². The second-order valence-corrected chi connectivity index (χ2v) is 5.89. The first-order valence-electron chi connectivity index (χ1n) is 7.90. The number of anilines is 2. The number of carbonyl (C=O) groups excluding carboxylic acids is 1. The number of nitrogens with zero attached hydrogens (tertiary/aromatic N) is 5. The molecule has 2 aromatic heterocycles. The number of hydrogen-bond donors (Lipinski definition) is 1. The van der Waals surface area contributed by atoms with Gasteiger partial charge in [0.2, 0.25) is 0 Å². The van der Waals surface area contributed by atoms with E-state index in [0.717, 1.165) is 11.5 Å². The summed E-state index contributed by atoms with van der Waals surface area (Å²) in [5.74, 6) is 2.04. The monoisotopic (exact) mass is 336 g/mol. The molecule has 7 heteroatoms. The van der Waals surface area contributed by atoms with Gasteiger partial charge in [-0.05, 0) is 50.2 Å². The summed E-state index contributed by atoms with van der Waals surface area (Å²) in [6, 6.07) is 10.9. The molecule has 1 amide bonds. The second kappa shape index (κ2) is 6.72. The van der Waals surface area contributed by atoms with E-state index in [1.807, 2.05) is 51.0 Å². The van der Waals surface area contributed by atoms with Crippen molar-refractivity contribution in [2.45, 2.75) is 13.8 Å². The number of amides is 1. The van der Waals surface area contributed by atoms with Crippen molar-refractivity contribution in [2.75, 3.05) is 24.3 Å². The first-order chi connectivity index (χ1) is 12.0. The SMILES string of the molecule is Cc1nc(C)n(-c2ccc(C(=O)Nc3cccnc3N(C)C)cc2)n1. The molecule has 0 aliphatic rings. The Kier molecular flexibility index (Phi) is 4.47. The molecule has 3 rings (SSSR count). The maximum absolute atomic E-state index is 12.5. The van der Waals surface area contributed by atoms with Crippen LogP contribution in [-0.2, 0) is 0 Å². The lowest BCUT2D eigenvalue weighted by Gasteiger charge is -2.16. The Morgan fingerprint density at radius 3 is 2.44 bits per heavy atom. The fraction of sp³-hybridized carbons (Fsp3) is 0.222. The molecule has 1 N–H and O–H groups in total. The van der Waals surface area contributed by atoms with Crippen LogP contribution in [0.15, 0.2) is 42.6 Å². The summed E-state index contributed by atoms with van der Waals surface area (Å²) in [7, 11) is 3.77. The summed E-state index contributed by atoms with van der Waals surface area (Å²) >= 11 is 0. The Labute approximate surface area is 146 Å². The van der Waals surface area contributed by atoms with Crippen molar-refractivity contribution in [1.29, 1.82) is 0 Å². The quantitative estimate of drug-likeness (QED) is 0.792. The highest BCUT2D eigenvalue weighted by atomic mass is 16.1. The van der Waals surface area contributed by atoms with Crippen LogP contribution in [0.25, 0.3) is 5.69 Å². The minimum Gasteiger partial charge on any atom is -0.361 e. The third-order valence-corrected chi connectivity index (χ3v) is 3.71. The molecule has 2 heterocycles. The lowest BCUT2D eigenvalue weighted by atomic mass is 10.2. The first kappa shape index (κ1) is 16.6. The predicted octanol–water partition coefficient (Wildman–Crippen LogP) is 2.60. The van der Waals surface area contributed by atoms with Gasteiger partial charge in [0.25, 0.3) is 5.91 Å². The second-order valence-electron chi connectivity index (χ2n) is 5.89. The van der Waals surface area contributed by atoms with Crippen LogP contribution in [0, 0.1) is 13.8 Å². The van der Waals surface area contributed by atoms with Crippen LogP contribution < -0.4 is 10.2 Å². The number of hydrogen-bond acceptors (Lipinski definition) is 5. The highest BCUT2D eigenvalue weighted by Gasteiger charge is 2.12. The summed E-state index contributed by atoms with van der Waals surface area (Å²) in [6.07, 6.45) is 1.70. The van der Waals surface area contributed by atoms with Crippen molar-refractivity contribution >= 4 is 17.4 Å². The maximum Gasteiger partial charge on any atom is 0.255 e. The Balaban J connectivity index is 1.81. The van der Waals surface area contributed by atoms with Crippen molar-refractivity contribution in [1.82, 2.24) is 19.7 Å². The predicted molar refractivity (Wildman–Crippen MR) is 97.4 cm³/mol. The lowest BCUT2D eigenvalue weighted by Crippen LogP contribution is -2.17. The molecule has 0 radical (unpaired) electrons. The van der Waals surface area contributed by atoms with Crippen molar-refractivity contribution in [3.8, 4) is 5.69 Å². The van der Waals surface area contributed by atoms with E-state index in [2.05, 4.69) is 20.4 Å². The molecule has 25 heavy (non-hydrogen) atoms. The Morgan fingerprint density at radius 2 is 1.84 bits per heavy atom. The average molecular weight is 336 g/mol. The van der Waals surface area contributed by atoms with Crippen molar-refractivity contribution in [2.24, 2.45) is 0 Å². The number of pyridine rings is 1. The fourth-order valence-electron chi connectivity index (χ4n) is 2.56. The smallest absolute Gasteiger partial charge is 0.255 e. The number of aryl methyl sites for hydroxylation is 2. The van der Waals surface area contributed by atoms with E-state index in [1.54, 1.807) is 29.1 Å². The number of benzene rings is 1. The number of rotatable bonds is 4. The minimum atomic E-state index is -0.186. The number of aromatic nitrogens is 4. The molecule has 128 valence electrons. The van der Waals surface area contributed by atoms with Gasteiger partial charge in [-0.15, -0.1) is 0 Å². The average Bonchev–Trinajstić information content (AvgIpc) is 2.93. The summed E-state index contributed by atoms with van der Waals surface area (Å²) in [5.41, 5.74) is 2.10. The molecule has 0 fully saturated rings. The standard InChI is InChI=1S/C18H20N6O/c1-12-20-13(2)24(22-12)15-9-7-14(8-10-15)18(25)21-16-6-5-11-19-17(16)23(3)4/h5-11H,1-4H3,(H,21,25). The zero-order valence-corrected chi connectivity index (χ0v) is 14.7. The highest BCUT2D eigenvalue weighted by molar-refractivity contribution is 6.05. The Bertz CT molecular complexity index is 898. The molecule has 0 atom stereocenters. The summed E-state index contributed by atoms with van der Waals surface area (Å²) in [4.78, 5) is 22.9. The fourth-order valence-corrected chi connectivity index (χ4v) is 2.56. The van der Waals surface area contributed by atoms with E-state index in [1.165, 1.54) is 0 Å². The molecule has 0 aliphatic carbocycles. The van der Waals surface area contributed by atoms with Crippen LogP contribution in [0.5, 0.6) is 0 Å². The molecule has 7 nitrogen and oxygen atoms in total. The van der Waals surface area contributed by atoms with Crippen LogP contribution in [0.3, 0.4) is 0 Å². The van der Waals surface area contributed by atoms with Crippen molar-refractivity contribution in [3.63, 3.8) is 0 Å². The van der Waals surface area contributed by atoms with Crippen LogP contribution in [-0.4, -0.2) is 39.8 Å². The van der Waals surface area contributed by atoms with Gasteiger partial charge in [-0.1, -0.05) is 0 Å². The molecule has 0 bridgehead atoms. The first-order valence-corrected chi connectivity index (χ1v) is 7.90. The van der Waals surface area contributed by atoms with E-state index in [0.29, 0.717) is 22.9 Å². The van der Waals surface area contributed by atoms with Crippen molar-refractivity contribution < 1.29 is 4.79 Å². The molecule has 0 saturated carbocycles. The van der Waals surface area contributed by atoms with Crippen LogP contribution in [0.2, 0.25) is 0 Å². The van der Waals surface area contributed by atoms with Gasteiger partial charge in [-0.2, -0.15) is 5.10 Å². The molecular formula is C18H20N6O.